The van der Waals surface area contributed by atoms with Crippen molar-refractivity contribution in [3.05, 3.63) is 91.8 Å². The van der Waals surface area contributed by atoms with Gasteiger partial charge in [0, 0.05) is 28.7 Å². The van der Waals surface area contributed by atoms with Crippen LogP contribution >= 0.6 is 23.2 Å². The SMILES string of the molecule is COc1ncc2cc(C(=O)Nc3cc(C(=O)N[C@@H](CN)c4cccc(Cl)c4)ccc3Cl)c(=O)[nH]c2n1. The van der Waals surface area contributed by atoms with Gasteiger partial charge in [-0.05, 0) is 42.0 Å². The molecule has 2 aromatic carbocycles. The summed E-state index contributed by atoms with van der Waals surface area (Å²) in [6.07, 6.45) is 1.42. The highest BCUT2D eigenvalue weighted by molar-refractivity contribution is 6.34. The number of nitrogens with two attached hydrogens (primary N) is 1. The molecule has 2 aromatic heterocycles. The number of anilines is 1. The van der Waals surface area contributed by atoms with Gasteiger partial charge in [0.15, 0.2) is 0 Å². The van der Waals surface area contributed by atoms with Crippen LogP contribution < -0.4 is 26.7 Å². The Kier molecular flexibility index (Phi) is 7.49. The fraction of sp³-hybridized carbons (Fsp3) is 0.125. The van der Waals surface area contributed by atoms with Crippen molar-refractivity contribution in [1.29, 1.82) is 0 Å². The number of benzene rings is 2. The number of ether oxygens (including phenoxy) is 1. The van der Waals surface area contributed by atoms with Crippen molar-refractivity contribution in [3.63, 3.8) is 0 Å². The van der Waals surface area contributed by atoms with Gasteiger partial charge in [-0.15, -0.1) is 0 Å². The Labute approximate surface area is 214 Å². The van der Waals surface area contributed by atoms with Crippen LogP contribution in [-0.2, 0) is 0 Å². The third kappa shape index (κ3) is 5.46. The molecule has 2 heterocycles. The molecule has 1 atom stereocenters. The highest BCUT2D eigenvalue weighted by atomic mass is 35.5. The number of hydrogen-bond acceptors (Lipinski definition) is 7. The minimum absolute atomic E-state index is 0.0736. The summed E-state index contributed by atoms with van der Waals surface area (Å²) < 4.78 is 4.94. The van der Waals surface area contributed by atoms with E-state index in [1.165, 1.54) is 37.6 Å². The van der Waals surface area contributed by atoms with Gasteiger partial charge >= 0.3 is 6.01 Å². The van der Waals surface area contributed by atoms with Gasteiger partial charge in [-0.3, -0.25) is 14.4 Å². The van der Waals surface area contributed by atoms with Crippen LogP contribution in [0.5, 0.6) is 6.01 Å². The lowest BCUT2D eigenvalue weighted by molar-refractivity contribution is 0.0936. The predicted molar refractivity (Wildman–Crippen MR) is 137 cm³/mol. The zero-order valence-corrected chi connectivity index (χ0v) is 20.4. The van der Waals surface area contributed by atoms with E-state index in [0.717, 1.165) is 5.56 Å². The highest BCUT2D eigenvalue weighted by Crippen LogP contribution is 2.25. The molecule has 4 aromatic rings. The first-order valence-electron chi connectivity index (χ1n) is 10.6. The van der Waals surface area contributed by atoms with Crippen LogP contribution in [0.2, 0.25) is 10.0 Å². The molecule has 4 rings (SSSR count). The van der Waals surface area contributed by atoms with Crippen molar-refractivity contribution in [2.24, 2.45) is 5.73 Å². The fourth-order valence-corrected chi connectivity index (χ4v) is 3.80. The van der Waals surface area contributed by atoms with E-state index in [-0.39, 0.29) is 40.0 Å². The van der Waals surface area contributed by atoms with E-state index in [4.69, 9.17) is 33.7 Å². The first-order valence-corrected chi connectivity index (χ1v) is 11.4. The lowest BCUT2D eigenvalue weighted by Gasteiger charge is -2.18. The Morgan fingerprint density at radius 1 is 1.14 bits per heavy atom. The zero-order chi connectivity index (χ0) is 25.8. The summed E-state index contributed by atoms with van der Waals surface area (Å²) >= 11 is 12.3. The number of rotatable bonds is 7. The number of fused-ring (bicyclic) bond motifs is 1. The lowest BCUT2D eigenvalue weighted by atomic mass is 10.1. The van der Waals surface area contributed by atoms with Gasteiger partial charge in [-0.2, -0.15) is 4.98 Å². The second-order valence-corrected chi connectivity index (χ2v) is 8.48. The van der Waals surface area contributed by atoms with Crippen molar-refractivity contribution >= 4 is 51.7 Å². The number of amides is 2. The molecule has 0 radical (unpaired) electrons. The predicted octanol–water partition coefficient (Wildman–Crippen LogP) is 3.32. The van der Waals surface area contributed by atoms with E-state index in [9.17, 15) is 14.4 Å². The van der Waals surface area contributed by atoms with E-state index >= 15 is 0 Å². The quantitative estimate of drug-likeness (QED) is 0.288. The first-order chi connectivity index (χ1) is 17.3. The van der Waals surface area contributed by atoms with Crippen LogP contribution in [0.25, 0.3) is 11.0 Å². The second kappa shape index (κ2) is 10.7. The first kappa shape index (κ1) is 25.1. The van der Waals surface area contributed by atoms with Crippen molar-refractivity contribution in [3.8, 4) is 6.01 Å². The largest absolute Gasteiger partial charge is 0.467 e. The molecule has 184 valence electrons. The average molecular weight is 527 g/mol. The number of pyridine rings is 1. The van der Waals surface area contributed by atoms with Crippen LogP contribution in [0.1, 0.15) is 32.3 Å². The molecule has 0 aliphatic carbocycles. The van der Waals surface area contributed by atoms with Gasteiger partial charge in [0.1, 0.15) is 11.2 Å². The van der Waals surface area contributed by atoms with Crippen LogP contribution in [0.4, 0.5) is 5.69 Å². The molecular formula is C24H20Cl2N6O4. The third-order valence-electron chi connectivity index (χ3n) is 5.27. The fourth-order valence-electron chi connectivity index (χ4n) is 3.44. The second-order valence-electron chi connectivity index (χ2n) is 7.64. The topological polar surface area (TPSA) is 152 Å². The molecular weight excluding hydrogens is 507 g/mol. The number of carbonyl (C=O) groups is 2. The highest BCUT2D eigenvalue weighted by Gasteiger charge is 2.18. The maximum Gasteiger partial charge on any atom is 0.318 e. The van der Waals surface area contributed by atoms with Gasteiger partial charge in [-0.1, -0.05) is 35.3 Å². The third-order valence-corrected chi connectivity index (χ3v) is 5.83. The number of aromatic nitrogens is 3. The molecule has 0 aliphatic heterocycles. The normalized spacial score (nSPS) is 11.7. The molecule has 0 spiro atoms. The lowest BCUT2D eigenvalue weighted by Crippen LogP contribution is -2.33. The number of methoxy groups -OCH3 is 1. The van der Waals surface area contributed by atoms with Gasteiger partial charge in [0.05, 0.1) is 23.9 Å². The number of H-pyrrole nitrogens is 1. The van der Waals surface area contributed by atoms with Crippen LogP contribution in [-0.4, -0.2) is 40.4 Å². The summed E-state index contributed by atoms with van der Waals surface area (Å²) in [4.78, 5) is 48.8. The molecule has 12 heteroatoms. The molecule has 0 fully saturated rings. The summed E-state index contributed by atoms with van der Waals surface area (Å²) in [5.74, 6) is -1.17. The molecule has 0 unspecified atom stereocenters. The summed E-state index contributed by atoms with van der Waals surface area (Å²) in [5, 5.41) is 6.54. The van der Waals surface area contributed by atoms with Crippen molar-refractivity contribution in [2.45, 2.75) is 6.04 Å². The Morgan fingerprint density at radius 3 is 2.67 bits per heavy atom. The molecule has 0 bridgehead atoms. The standard InChI is InChI=1S/C24H20Cl2N6O4/c1-36-24-28-11-14-8-16(23(35)31-20(14)32-24)22(34)29-18-9-13(5-6-17(18)26)21(33)30-19(10-27)12-3-2-4-15(25)7-12/h2-9,11,19H,10,27H2,1H3,(H,29,34)(H,30,33)(H,28,31,32,35)/t19-/m0/s1. The molecule has 0 saturated heterocycles. The Hall–Kier alpha value is -3.99. The van der Waals surface area contributed by atoms with E-state index in [2.05, 4.69) is 25.6 Å². The van der Waals surface area contributed by atoms with Gasteiger partial charge in [-0.25, -0.2) is 4.98 Å². The van der Waals surface area contributed by atoms with Gasteiger partial charge in [0.25, 0.3) is 17.4 Å². The maximum atomic E-state index is 12.9. The monoisotopic (exact) mass is 526 g/mol. The van der Waals surface area contributed by atoms with Crippen molar-refractivity contribution in [2.75, 3.05) is 19.0 Å². The summed E-state index contributed by atoms with van der Waals surface area (Å²) in [5.41, 5.74) is 6.33. The number of hydrogen-bond donors (Lipinski definition) is 4. The minimum atomic E-state index is -0.729. The smallest absolute Gasteiger partial charge is 0.318 e. The van der Waals surface area contributed by atoms with E-state index in [1.54, 1.807) is 24.3 Å². The Bertz CT molecular complexity index is 1520. The number of halogens is 2. The Balaban J connectivity index is 1.56. The molecule has 0 aliphatic rings. The van der Waals surface area contributed by atoms with E-state index in [1.807, 2.05) is 0 Å². The summed E-state index contributed by atoms with van der Waals surface area (Å²) in [6, 6.07) is 12.3. The number of aromatic amines is 1. The molecule has 5 N–H and O–H groups in total. The molecule has 2 amide bonds. The number of nitrogens with one attached hydrogen (secondary N) is 3. The maximum absolute atomic E-state index is 12.9. The zero-order valence-electron chi connectivity index (χ0n) is 18.8. The molecule has 10 nitrogen and oxygen atoms in total. The van der Waals surface area contributed by atoms with E-state index in [0.29, 0.717) is 10.4 Å². The van der Waals surface area contributed by atoms with Crippen molar-refractivity contribution < 1.29 is 14.3 Å². The summed E-state index contributed by atoms with van der Waals surface area (Å²) in [7, 11) is 1.40. The Morgan fingerprint density at radius 2 is 1.94 bits per heavy atom. The number of carbonyl (C=O) groups excluding carboxylic acids is 2. The van der Waals surface area contributed by atoms with Gasteiger partial charge < -0.3 is 26.1 Å². The van der Waals surface area contributed by atoms with Crippen LogP contribution in [0, 0.1) is 0 Å². The van der Waals surface area contributed by atoms with Gasteiger partial charge in [0.2, 0.25) is 0 Å². The van der Waals surface area contributed by atoms with Crippen molar-refractivity contribution in [1.82, 2.24) is 20.3 Å². The molecule has 0 saturated carbocycles. The molecule has 36 heavy (non-hydrogen) atoms. The van der Waals surface area contributed by atoms with Crippen LogP contribution in [0.3, 0.4) is 0 Å². The number of nitrogens with zero attached hydrogens (tertiary/aromatic N) is 2. The average Bonchev–Trinajstić information content (AvgIpc) is 2.87. The minimum Gasteiger partial charge on any atom is -0.467 e. The van der Waals surface area contributed by atoms with Crippen LogP contribution in [0.15, 0.2) is 59.5 Å². The van der Waals surface area contributed by atoms with E-state index < -0.39 is 23.4 Å². The summed E-state index contributed by atoms with van der Waals surface area (Å²) in [6.45, 7) is 0.142.